The van der Waals surface area contributed by atoms with Gasteiger partial charge < -0.3 is 15.5 Å². The van der Waals surface area contributed by atoms with Gasteiger partial charge >= 0.3 is 0 Å². The van der Waals surface area contributed by atoms with Gasteiger partial charge in [-0.25, -0.2) is 0 Å². The van der Waals surface area contributed by atoms with Crippen LogP contribution in [0.2, 0.25) is 0 Å². The summed E-state index contributed by atoms with van der Waals surface area (Å²) in [6, 6.07) is 0. The van der Waals surface area contributed by atoms with Gasteiger partial charge in [-0.2, -0.15) is 0 Å². The number of piperidine rings is 1. The first-order valence-corrected chi connectivity index (χ1v) is 7.71. The first-order chi connectivity index (χ1) is 8.63. The van der Waals surface area contributed by atoms with Crippen molar-refractivity contribution >= 4 is 0 Å². The Hall–Kier alpha value is -0.120. The SMILES string of the molecule is CN(C)CC1CCN(CCC2(CN)CCC2)CC1. The van der Waals surface area contributed by atoms with Crippen LogP contribution in [0.3, 0.4) is 0 Å². The van der Waals surface area contributed by atoms with Gasteiger partial charge in [0.05, 0.1) is 0 Å². The number of nitrogens with two attached hydrogens (primary N) is 1. The first kappa shape index (κ1) is 14.3. The van der Waals surface area contributed by atoms with Crippen LogP contribution in [0.25, 0.3) is 0 Å². The fourth-order valence-corrected chi connectivity index (χ4v) is 3.54. The zero-order valence-corrected chi connectivity index (χ0v) is 12.3. The normalized spacial score (nSPS) is 25.3. The van der Waals surface area contributed by atoms with Crippen molar-refractivity contribution in [3.05, 3.63) is 0 Å². The van der Waals surface area contributed by atoms with E-state index < -0.39 is 0 Å². The predicted octanol–water partition coefficient (Wildman–Crippen LogP) is 1.78. The Balaban J connectivity index is 1.64. The number of likely N-dealkylation sites (tertiary alicyclic amines) is 1. The fourth-order valence-electron chi connectivity index (χ4n) is 3.54. The highest BCUT2D eigenvalue weighted by molar-refractivity contribution is 4.89. The molecule has 1 heterocycles. The van der Waals surface area contributed by atoms with Crippen LogP contribution in [0.4, 0.5) is 0 Å². The van der Waals surface area contributed by atoms with E-state index in [0.29, 0.717) is 5.41 Å². The summed E-state index contributed by atoms with van der Waals surface area (Å²) in [6.07, 6.45) is 8.26. The molecule has 0 radical (unpaired) electrons. The number of hydrogen-bond donors (Lipinski definition) is 1. The van der Waals surface area contributed by atoms with E-state index in [1.807, 2.05) is 0 Å². The van der Waals surface area contributed by atoms with E-state index in [4.69, 9.17) is 5.73 Å². The lowest BCUT2D eigenvalue weighted by molar-refractivity contribution is 0.0895. The second-order valence-corrected chi connectivity index (χ2v) is 6.85. The summed E-state index contributed by atoms with van der Waals surface area (Å²) in [7, 11) is 4.38. The van der Waals surface area contributed by atoms with Crippen LogP contribution < -0.4 is 5.73 Å². The van der Waals surface area contributed by atoms with Gasteiger partial charge in [-0.05, 0) is 83.7 Å². The van der Waals surface area contributed by atoms with Gasteiger partial charge in [-0.1, -0.05) is 6.42 Å². The molecule has 0 aromatic heterocycles. The van der Waals surface area contributed by atoms with Crippen molar-refractivity contribution in [1.29, 1.82) is 0 Å². The maximum atomic E-state index is 5.94. The maximum absolute atomic E-state index is 5.94. The smallest absolute Gasteiger partial charge is 0.000451 e. The number of hydrogen-bond acceptors (Lipinski definition) is 3. The second-order valence-electron chi connectivity index (χ2n) is 6.85. The Morgan fingerprint density at radius 2 is 1.89 bits per heavy atom. The molecule has 0 spiro atoms. The molecule has 18 heavy (non-hydrogen) atoms. The van der Waals surface area contributed by atoms with Crippen molar-refractivity contribution in [2.24, 2.45) is 17.1 Å². The van der Waals surface area contributed by atoms with Gasteiger partial charge in [-0.3, -0.25) is 0 Å². The molecule has 2 aliphatic rings. The molecule has 1 aliphatic carbocycles. The molecule has 1 aliphatic heterocycles. The topological polar surface area (TPSA) is 32.5 Å². The van der Waals surface area contributed by atoms with Gasteiger partial charge in [0.2, 0.25) is 0 Å². The van der Waals surface area contributed by atoms with Gasteiger partial charge in [-0.15, -0.1) is 0 Å². The Morgan fingerprint density at radius 3 is 2.33 bits per heavy atom. The van der Waals surface area contributed by atoms with E-state index in [0.717, 1.165) is 12.5 Å². The molecule has 3 nitrogen and oxygen atoms in total. The van der Waals surface area contributed by atoms with Crippen molar-refractivity contribution in [2.75, 3.05) is 46.8 Å². The molecule has 2 rings (SSSR count). The van der Waals surface area contributed by atoms with E-state index in [1.54, 1.807) is 0 Å². The minimum absolute atomic E-state index is 0.528. The predicted molar refractivity (Wildman–Crippen MR) is 77.7 cm³/mol. The first-order valence-electron chi connectivity index (χ1n) is 7.71. The molecular formula is C15H31N3. The van der Waals surface area contributed by atoms with Crippen LogP contribution in [0, 0.1) is 11.3 Å². The molecule has 0 bridgehead atoms. The molecule has 2 fully saturated rings. The Morgan fingerprint density at radius 1 is 1.22 bits per heavy atom. The molecule has 1 saturated carbocycles. The molecule has 106 valence electrons. The third-order valence-corrected chi connectivity index (χ3v) is 5.14. The third kappa shape index (κ3) is 3.69. The van der Waals surface area contributed by atoms with E-state index in [1.165, 1.54) is 64.7 Å². The average molecular weight is 253 g/mol. The maximum Gasteiger partial charge on any atom is 0.000451 e. The fraction of sp³-hybridized carbons (Fsp3) is 1.00. The molecule has 0 atom stereocenters. The molecule has 1 saturated heterocycles. The summed E-state index contributed by atoms with van der Waals surface area (Å²) in [4.78, 5) is 5.00. The van der Waals surface area contributed by atoms with E-state index in [9.17, 15) is 0 Å². The van der Waals surface area contributed by atoms with Crippen LogP contribution in [-0.2, 0) is 0 Å². The van der Waals surface area contributed by atoms with E-state index in [-0.39, 0.29) is 0 Å². The third-order valence-electron chi connectivity index (χ3n) is 5.14. The quantitative estimate of drug-likeness (QED) is 0.783. The van der Waals surface area contributed by atoms with Crippen LogP contribution in [0.15, 0.2) is 0 Å². The number of nitrogens with zero attached hydrogens (tertiary/aromatic N) is 2. The van der Waals surface area contributed by atoms with Crippen molar-refractivity contribution in [2.45, 2.75) is 38.5 Å². The molecule has 3 heteroatoms. The molecule has 0 aromatic rings. The minimum Gasteiger partial charge on any atom is -0.330 e. The monoisotopic (exact) mass is 253 g/mol. The largest absolute Gasteiger partial charge is 0.330 e. The van der Waals surface area contributed by atoms with Crippen LogP contribution in [0.1, 0.15) is 38.5 Å². The Labute approximate surface area is 113 Å². The lowest BCUT2D eigenvalue weighted by Crippen LogP contribution is -2.43. The van der Waals surface area contributed by atoms with Gasteiger partial charge in [0, 0.05) is 6.54 Å². The Bertz CT molecular complexity index is 235. The summed E-state index contributed by atoms with van der Waals surface area (Å²) in [6.45, 7) is 6.06. The summed E-state index contributed by atoms with van der Waals surface area (Å²) in [5.74, 6) is 0.920. The molecule has 0 aromatic carbocycles. The highest BCUT2D eigenvalue weighted by atomic mass is 15.1. The van der Waals surface area contributed by atoms with Crippen LogP contribution in [-0.4, -0.2) is 56.6 Å². The zero-order valence-electron chi connectivity index (χ0n) is 12.3. The van der Waals surface area contributed by atoms with Gasteiger partial charge in [0.1, 0.15) is 0 Å². The van der Waals surface area contributed by atoms with Crippen molar-refractivity contribution in [1.82, 2.24) is 9.80 Å². The standard InChI is InChI=1S/C15H31N3/c1-17(2)12-14-4-9-18(10-5-14)11-8-15(13-16)6-3-7-15/h14H,3-13,16H2,1-2H3. The average Bonchev–Trinajstić information content (AvgIpc) is 2.30. The highest BCUT2D eigenvalue weighted by Crippen LogP contribution is 2.43. The molecular weight excluding hydrogens is 222 g/mol. The summed E-state index contributed by atoms with van der Waals surface area (Å²) < 4.78 is 0. The summed E-state index contributed by atoms with van der Waals surface area (Å²) in [5, 5.41) is 0. The lowest BCUT2D eigenvalue weighted by Gasteiger charge is -2.43. The van der Waals surface area contributed by atoms with Crippen LogP contribution >= 0.6 is 0 Å². The van der Waals surface area contributed by atoms with Crippen molar-refractivity contribution < 1.29 is 0 Å². The van der Waals surface area contributed by atoms with Crippen molar-refractivity contribution in [3.63, 3.8) is 0 Å². The van der Waals surface area contributed by atoms with Gasteiger partial charge in [0.25, 0.3) is 0 Å². The summed E-state index contributed by atoms with van der Waals surface area (Å²) in [5.41, 5.74) is 6.47. The van der Waals surface area contributed by atoms with Crippen LogP contribution in [0.5, 0.6) is 0 Å². The number of rotatable bonds is 6. The summed E-state index contributed by atoms with van der Waals surface area (Å²) >= 11 is 0. The zero-order chi connectivity index (χ0) is 13.0. The van der Waals surface area contributed by atoms with Crippen molar-refractivity contribution in [3.8, 4) is 0 Å². The minimum atomic E-state index is 0.528. The lowest BCUT2D eigenvalue weighted by atomic mass is 9.66. The second kappa shape index (κ2) is 6.36. The Kier molecular flexibility index (Phi) is 5.05. The van der Waals surface area contributed by atoms with E-state index in [2.05, 4.69) is 23.9 Å². The molecule has 0 unspecified atom stereocenters. The molecule has 2 N–H and O–H groups in total. The van der Waals surface area contributed by atoms with Gasteiger partial charge in [0.15, 0.2) is 0 Å². The molecule has 0 amide bonds. The highest BCUT2D eigenvalue weighted by Gasteiger charge is 2.35. The van der Waals surface area contributed by atoms with E-state index >= 15 is 0 Å².